The first-order valence-corrected chi connectivity index (χ1v) is 906. The molecule has 0 amide bonds. The van der Waals surface area contributed by atoms with Gasteiger partial charge in [-0.15, -0.1) is 0 Å². The maximum absolute atomic E-state index is 3.51. The Kier molecular flexibility index (Phi) is 255. The van der Waals surface area contributed by atoms with Gasteiger partial charge in [0, 0.05) is 0 Å². The fourth-order valence-electron chi connectivity index (χ4n) is 2.10. The van der Waals surface area contributed by atoms with E-state index in [1.165, 1.54) is 0 Å². The van der Waals surface area contributed by atoms with Crippen molar-refractivity contribution in [3.05, 3.63) is 0 Å². The predicted octanol–water partition coefficient (Wildman–Crippen LogP) is 126. The van der Waals surface area contributed by atoms with Crippen LogP contribution < -0.4 is 0 Å². The van der Waals surface area contributed by atoms with Crippen LogP contribution in [0.2, 0.25) is 0 Å². The monoisotopic (exact) mass is 18000 g/mol. The van der Waals surface area contributed by atoms with Crippen LogP contribution in [0.25, 0.3) is 0 Å². The van der Waals surface area contributed by atoms with Gasteiger partial charge in [-0.3, -0.25) is 0 Å². The first-order valence-electron chi connectivity index (χ1n) is 20.1. The summed E-state index contributed by atoms with van der Waals surface area (Å²) < 4.78 is 0. The summed E-state index contributed by atoms with van der Waals surface area (Å²) in [5, 5.41) is 0. The first-order chi connectivity index (χ1) is 64.6. The van der Waals surface area contributed by atoms with E-state index in [0.29, 0.717) is 0 Å². The predicted molar refractivity (Wildman–Crippen MR) is 1990 cm³/mol. The van der Waals surface area contributed by atoms with Gasteiger partial charge in [0.2, 0.25) is 0 Å². The molecule has 0 bridgehead atoms. The summed E-state index contributed by atoms with van der Waals surface area (Å²) in [6, 6.07) is 0. The van der Waals surface area contributed by atoms with Crippen LogP contribution in [0.15, 0.2) is 0 Å². The minimum absolute atomic E-state index is 0.499. The van der Waals surface area contributed by atoms with Crippen LogP contribution in [-0.4, -0.2) is 0 Å². The van der Waals surface area contributed by atoms with E-state index in [2.05, 4.69) is 1340 Å². The van der Waals surface area contributed by atoms with E-state index in [1.807, 2.05) is 0 Å². The Morgan fingerprint density at radius 2 is 0.0563 bits per heavy atom. The molecule has 142 heavy (non-hydrogen) atoms. The molecule has 0 fully saturated rings. The average molecular weight is 18000 g/mol. The molecule has 0 aromatic rings. The van der Waals surface area contributed by atoms with Crippen LogP contribution in [0.3, 0.4) is 0 Å². The van der Waals surface area contributed by atoms with Gasteiger partial charge in [0.15, 0.2) is 0 Å². The molecule has 0 radical (unpaired) electrons. The summed E-state index contributed by atoms with van der Waals surface area (Å²) in [5.74, 6) is 0. The number of hydrogen-bond donors (Lipinski definition) is 0. The zero-order valence-corrected chi connectivity index (χ0v) is 360. The van der Waals surface area contributed by atoms with Gasteiger partial charge in [0.1, 0.15) is 0 Å². The summed E-state index contributed by atoms with van der Waals surface area (Å²) in [6.07, 6.45) is 0. The molecular formula is I142. The van der Waals surface area contributed by atoms with Crippen molar-refractivity contribution in [2.75, 3.05) is 0 Å². The van der Waals surface area contributed by atoms with E-state index in [-0.39, 0.29) is 0 Å². The molecule has 0 aliphatic heterocycles. The van der Waals surface area contributed by atoms with E-state index in [0.717, 1.165) is 0 Å². The summed E-state index contributed by atoms with van der Waals surface area (Å²) >= 11 is 247. The standard InChI is InChI=1S/I142/c1-73(2)75(5)77(7)79(9)81(11)83(13)85(15)87(17)89(19)91(21)93(23)95(25)97(27)99(29)101(31)103(33)105(35)107(37)109(39)111(41)113(43)115(45)117(47)119(49)121(51)123(53)125(55)127(57)129(59)131(61)133(63)135(65)137(67)139(69)141(71)142(72)140(70)138(68)136(66)134(64)132(62)130(60)128(58)126(56)124(54)122(52)120(50)118(48)116(46)114(44)112(42)110(40)108(38)106(36)104(34)102(32)100(30)98(28)96(26)94(24)92(22)90(20)88(18)86(16)84(14)82(12)80(10)78(8)76(6)74(3)4. The molecule has 0 aliphatic rings. The second kappa shape index (κ2) is 148. The van der Waals surface area contributed by atoms with Gasteiger partial charge < -0.3 is 0 Å². The van der Waals surface area contributed by atoms with Gasteiger partial charge in [-0.25, -0.2) is 0 Å². The molecule has 994 valence electrons. The van der Waals surface area contributed by atoms with E-state index in [9.17, 15) is 0 Å². The Bertz CT molecular complexity index is 2780. The molecule has 0 spiro atoms. The molecule has 0 saturated heterocycles. The average Bonchev–Trinajstić information content (AvgIpc) is 0.785. The Labute approximate surface area is 1780 Å². The van der Waals surface area contributed by atoms with Crippen molar-refractivity contribution in [2.45, 2.75) is 0 Å². The number of halogens is 142. The van der Waals surface area contributed by atoms with Crippen molar-refractivity contribution in [2.24, 2.45) is 0 Å². The molecule has 0 nitrogen and oxygen atoms in total. The third-order valence-electron chi connectivity index (χ3n) is 5.63. The van der Waals surface area contributed by atoms with Crippen molar-refractivity contribution in [3.63, 3.8) is 0 Å². The Balaban J connectivity index is 6.01. The molecule has 0 aliphatic carbocycles. The Morgan fingerprint density at radius 1 is 0.0352 bits per heavy atom. The van der Waals surface area contributed by atoms with Crippen molar-refractivity contribution in [1.29, 1.82) is 0 Å². The third-order valence-corrected chi connectivity index (χ3v) is 11400. The van der Waals surface area contributed by atoms with E-state index < -0.39 is 553 Å². The van der Waals surface area contributed by atoms with Crippen LogP contribution in [0.4, 0.5) is 0 Å². The molecule has 0 saturated carbocycles. The Morgan fingerprint density at radius 3 is 0.0775 bits per heavy atom. The molecule has 0 rings (SSSR count). The molecule has 0 aromatic heterocycles. The van der Waals surface area contributed by atoms with Gasteiger partial charge in [-0.2, -0.15) is 0 Å². The minimum atomic E-state index is -0.689. The second-order valence-electron chi connectivity index (χ2n) is 11.3. The Hall–Kier alpha value is 104. The quantitative estimate of drug-likeness (QED) is 0.0533. The van der Waals surface area contributed by atoms with Crippen LogP contribution in [0.1, 0.15) is 0 Å². The molecule has 0 aromatic carbocycles. The van der Waals surface area contributed by atoms with Crippen LogP contribution >= 0.6 is 1890 Å². The first kappa shape index (κ1) is 246. The van der Waals surface area contributed by atoms with Gasteiger partial charge in [-0.05, 0) is 0 Å². The van der Waals surface area contributed by atoms with Gasteiger partial charge in [-0.1, -0.05) is 0 Å². The zero-order chi connectivity index (χ0) is 112. The van der Waals surface area contributed by atoms with Crippen molar-refractivity contribution in [1.82, 2.24) is 0 Å². The third kappa shape index (κ3) is 99.5. The molecular weight excluding hydrogens is 18000 g/mol. The second-order valence-corrected chi connectivity index (χ2v) is 3420. The molecule has 0 unspecified atom stereocenters. The topological polar surface area (TPSA) is 0 Å². The SMILES string of the molecule is II(I)I(I)I(I)I(I)I(I)I(I)I(I)I(I)I(I)I(I)I(I)I(I)I(I)I(I)I(I)I(I)I(I)I(I)I(I)I(I)I(I)I(I)I(I)I(I)I(I)I(I)I(I)I(I)I(I)I(I)I(I)I(I)I(I)I(I)I(I)I(I)I(I)I(I)I(I)I(I)I(I)I(I)I(I)I(I)I(I)I(I)I(I)I(I)I(I)I(I)I(I)I(I)I(I)I(I)I(I)I(I)I(I)I(I)I(I)I(I)I(I)I(I)I(I)I(I)I(I)I(I)I(I)I(I)I(I)I(I)I. The number of hydrogen-bond acceptors (Lipinski definition) is 0. The van der Waals surface area contributed by atoms with Crippen molar-refractivity contribution < 1.29 is 0 Å². The maximum atomic E-state index is 3.51. The van der Waals surface area contributed by atoms with Gasteiger partial charge in [0.05, 0.1) is 0 Å². The van der Waals surface area contributed by atoms with Gasteiger partial charge >= 0.3 is 1890 Å². The van der Waals surface area contributed by atoms with Crippen molar-refractivity contribution in [3.8, 4) is 0 Å². The molecule has 0 heterocycles. The summed E-state index contributed by atoms with van der Waals surface area (Å²) in [5.41, 5.74) is 0. The van der Waals surface area contributed by atoms with Crippen molar-refractivity contribution >= 4 is 1890 Å². The van der Waals surface area contributed by atoms with Crippen LogP contribution in [-0.2, 0) is 0 Å². The molecule has 0 atom stereocenters. The zero-order valence-electron chi connectivity index (χ0n) is 53.7. The number of rotatable bonds is 69. The van der Waals surface area contributed by atoms with Crippen LogP contribution in [0.5, 0.6) is 0 Å². The fourth-order valence-corrected chi connectivity index (χ4v) is 28500. The van der Waals surface area contributed by atoms with E-state index in [1.54, 1.807) is 0 Å². The van der Waals surface area contributed by atoms with E-state index >= 15 is 0 Å². The summed E-state index contributed by atoms with van der Waals surface area (Å²) in [7, 11) is -45.1. The van der Waals surface area contributed by atoms with Crippen LogP contribution in [0, 0.1) is 0 Å². The summed E-state index contributed by atoms with van der Waals surface area (Å²) in [4.78, 5) is 0. The van der Waals surface area contributed by atoms with E-state index in [4.69, 9.17) is 0 Å². The summed E-state index contributed by atoms with van der Waals surface area (Å²) in [6.45, 7) is 0. The molecule has 0 N–H and O–H groups in total. The fraction of sp³-hybridized carbons (Fsp3) is 0. The van der Waals surface area contributed by atoms with Gasteiger partial charge in [0.25, 0.3) is 0 Å². The normalized spacial score (nSPS) is 19.3. The molecule has 142 heteroatoms.